The van der Waals surface area contributed by atoms with Gasteiger partial charge in [0.2, 0.25) is 0 Å². The third kappa shape index (κ3) is 4.63. The van der Waals surface area contributed by atoms with E-state index in [0.717, 1.165) is 0 Å². The van der Waals surface area contributed by atoms with Gasteiger partial charge in [0.25, 0.3) is 0 Å². The summed E-state index contributed by atoms with van der Waals surface area (Å²) in [5, 5.41) is 2.14. The van der Waals surface area contributed by atoms with Gasteiger partial charge in [0.05, 0.1) is 6.04 Å². The SMILES string of the molecule is CC(C)(C)c1ccc(C=CN2NC=CC2c2ccc(C(C)(C)C)cc2)cc1. The van der Waals surface area contributed by atoms with Gasteiger partial charge < -0.3 is 5.43 Å². The van der Waals surface area contributed by atoms with Gasteiger partial charge in [-0.1, -0.05) is 90.1 Å². The highest BCUT2D eigenvalue weighted by Gasteiger charge is 2.20. The maximum Gasteiger partial charge on any atom is 0.0945 e. The maximum atomic E-state index is 3.32. The third-order valence-electron chi connectivity index (χ3n) is 5.12. The van der Waals surface area contributed by atoms with E-state index in [0.29, 0.717) is 0 Å². The minimum atomic E-state index is 0.182. The lowest BCUT2D eigenvalue weighted by molar-refractivity contribution is 0.298. The van der Waals surface area contributed by atoms with Crippen LogP contribution in [0.1, 0.15) is 69.8 Å². The summed E-state index contributed by atoms with van der Waals surface area (Å²) in [6.07, 6.45) is 8.48. The molecule has 1 atom stereocenters. The van der Waals surface area contributed by atoms with Gasteiger partial charge in [-0.15, -0.1) is 0 Å². The summed E-state index contributed by atoms with van der Waals surface area (Å²) in [5.74, 6) is 0. The predicted molar refractivity (Wildman–Crippen MR) is 116 cm³/mol. The van der Waals surface area contributed by atoms with Crippen LogP contribution >= 0.6 is 0 Å². The summed E-state index contributed by atoms with van der Waals surface area (Å²) in [5.41, 5.74) is 8.91. The normalized spacial score (nSPS) is 17.6. The standard InChI is InChI=1S/C25H32N2/c1-24(2,3)21-11-7-19(8-12-21)16-18-27-23(15-17-26-27)20-9-13-22(14-10-20)25(4,5)6/h7-18,23,26H,1-6H3. The van der Waals surface area contributed by atoms with Crippen LogP contribution in [0.25, 0.3) is 6.08 Å². The molecule has 0 amide bonds. The minimum Gasteiger partial charge on any atom is -0.306 e. The van der Waals surface area contributed by atoms with Gasteiger partial charge >= 0.3 is 0 Å². The van der Waals surface area contributed by atoms with Crippen LogP contribution in [-0.4, -0.2) is 5.01 Å². The van der Waals surface area contributed by atoms with Gasteiger partial charge in [-0.05, 0) is 45.2 Å². The Morgan fingerprint density at radius 3 is 1.81 bits per heavy atom. The second kappa shape index (κ2) is 7.26. The number of hydrogen-bond donors (Lipinski definition) is 1. The van der Waals surface area contributed by atoms with Crippen molar-refractivity contribution in [3.63, 3.8) is 0 Å². The lowest BCUT2D eigenvalue weighted by atomic mass is 9.86. The Morgan fingerprint density at radius 1 is 0.778 bits per heavy atom. The fourth-order valence-corrected chi connectivity index (χ4v) is 3.24. The molecule has 0 spiro atoms. The highest BCUT2D eigenvalue weighted by molar-refractivity contribution is 5.50. The Kier molecular flexibility index (Phi) is 5.19. The molecule has 1 N–H and O–H groups in total. The summed E-state index contributed by atoms with van der Waals surface area (Å²) in [6.45, 7) is 13.5. The average Bonchev–Trinajstić information content (AvgIpc) is 3.07. The Balaban J connectivity index is 1.72. The van der Waals surface area contributed by atoms with E-state index >= 15 is 0 Å². The van der Waals surface area contributed by atoms with Crippen LogP contribution in [0.5, 0.6) is 0 Å². The van der Waals surface area contributed by atoms with Crippen LogP contribution in [-0.2, 0) is 10.8 Å². The molecule has 0 bridgehead atoms. The van der Waals surface area contributed by atoms with Crippen LogP contribution in [0, 0.1) is 0 Å². The first-order chi connectivity index (χ1) is 12.6. The molecule has 0 saturated carbocycles. The van der Waals surface area contributed by atoms with Crippen molar-refractivity contribution in [1.82, 2.24) is 10.4 Å². The monoisotopic (exact) mass is 360 g/mol. The molecule has 2 nitrogen and oxygen atoms in total. The van der Waals surface area contributed by atoms with E-state index in [4.69, 9.17) is 0 Å². The number of hydrogen-bond acceptors (Lipinski definition) is 2. The van der Waals surface area contributed by atoms with E-state index in [1.54, 1.807) is 0 Å². The summed E-state index contributed by atoms with van der Waals surface area (Å²) in [6, 6.07) is 18.0. The van der Waals surface area contributed by atoms with E-state index in [1.807, 2.05) is 6.20 Å². The zero-order chi connectivity index (χ0) is 19.7. The molecule has 3 rings (SSSR count). The lowest BCUT2D eigenvalue weighted by Crippen LogP contribution is -2.26. The molecule has 1 heterocycles. The Labute approximate surface area is 164 Å². The predicted octanol–water partition coefficient (Wildman–Crippen LogP) is 6.33. The second-order valence-corrected chi connectivity index (χ2v) is 9.40. The van der Waals surface area contributed by atoms with Crippen LogP contribution < -0.4 is 5.43 Å². The van der Waals surface area contributed by atoms with E-state index < -0.39 is 0 Å². The largest absolute Gasteiger partial charge is 0.306 e. The number of nitrogens with one attached hydrogen (secondary N) is 1. The number of rotatable bonds is 3. The molecule has 142 valence electrons. The van der Waals surface area contributed by atoms with Gasteiger partial charge in [0, 0.05) is 12.4 Å². The molecule has 2 aromatic rings. The van der Waals surface area contributed by atoms with Crippen molar-refractivity contribution in [2.24, 2.45) is 0 Å². The zero-order valence-electron chi connectivity index (χ0n) is 17.5. The highest BCUT2D eigenvalue weighted by atomic mass is 15.5. The van der Waals surface area contributed by atoms with Crippen LogP contribution in [0.4, 0.5) is 0 Å². The fraction of sp³-hybridized carbons (Fsp3) is 0.360. The summed E-state index contributed by atoms with van der Waals surface area (Å²) >= 11 is 0. The summed E-state index contributed by atoms with van der Waals surface area (Å²) < 4.78 is 0. The summed E-state index contributed by atoms with van der Waals surface area (Å²) in [7, 11) is 0. The summed E-state index contributed by atoms with van der Waals surface area (Å²) in [4.78, 5) is 0. The fourth-order valence-electron chi connectivity index (χ4n) is 3.24. The molecule has 1 aliphatic heterocycles. The quantitative estimate of drug-likeness (QED) is 0.688. The van der Waals surface area contributed by atoms with Crippen LogP contribution in [0.15, 0.2) is 67.0 Å². The van der Waals surface area contributed by atoms with Gasteiger partial charge in [-0.25, -0.2) is 0 Å². The van der Waals surface area contributed by atoms with Crippen molar-refractivity contribution in [3.8, 4) is 0 Å². The average molecular weight is 361 g/mol. The van der Waals surface area contributed by atoms with Gasteiger partial charge in [-0.3, -0.25) is 5.01 Å². The van der Waals surface area contributed by atoms with E-state index in [-0.39, 0.29) is 16.9 Å². The Hall–Kier alpha value is -2.48. The topological polar surface area (TPSA) is 15.3 Å². The maximum absolute atomic E-state index is 3.32. The zero-order valence-corrected chi connectivity index (χ0v) is 17.5. The van der Waals surface area contributed by atoms with E-state index in [2.05, 4.69) is 119 Å². The Morgan fingerprint density at radius 2 is 1.30 bits per heavy atom. The van der Waals surface area contributed by atoms with Gasteiger partial charge in [-0.2, -0.15) is 0 Å². The molecule has 27 heavy (non-hydrogen) atoms. The molecule has 0 aromatic heterocycles. The van der Waals surface area contributed by atoms with Crippen molar-refractivity contribution in [2.45, 2.75) is 58.4 Å². The van der Waals surface area contributed by atoms with Crippen LogP contribution in [0.2, 0.25) is 0 Å². The first-order valence-electron chi connectivity index (χ1n) is 9.75. The molecule has 1 unspecified atom stereocenters. The Bertz CT molecular complexity index is 813. The molecule has 0 radical (unpaired) electrons. The first kappa shape index (κ1) is 19.3. The molecule has 2 heteroatoms. The van der Waals surface area contributed by atoms with Crippen molar-refractivity contribution < 1.29 is 0 Å². The minimum absolute atomic E-state index is 0.182. The number of nitrogens with zero attached hydrogens (tertiary/aromatic N) is 1. The lowest BCUT2D eigenvalue weighted by Gasteiger charge is -2.24. The number of hydrazine groups is 1. The second-order valence-electron chi connectivity index (χ2n) is 9.40. The van der Waals surface area contributed by atoms with Gasteiger partial charge in [0.1, 0.15) is 0 Å². The molecular formula is C25H32N2. The molecular weight excluding hydrogens is 328 g/mol. The first-order valence-corrected chi connectivity index (χ1v) is 9.75. The van der Waals surface area contributed by atoms with Crippen molar-refractivity contribution in [2.75, 3.05) is 0 Å². The number of benzene rings is 2. The van der Waals surface area contributed by atoms with E-state index in [9.17, 15) is 0 Å². The van der Waals surface area contributed by atoms with Crippen molar-refractivity contribution in [1.29, 1.82) is 0 Å². The molecule has 1 aliphatic rings. The van der Waals surface area contributed by atoms with Crippen LogP contribution in [0.3, 0.4) is 0 Å². The highest BCUT2D eigenvalue weighted by Crippen LogP contribution is 2.29. The van der Waals surface area contributed by atoms with Gasteiger partial charge in [0.15, 0.2) is 0 Å². The molecule has 2 aromatic carbocycles. The molecule has 0 fully saturated rings. The van der Waals surface area contributed by atoms with E-state index in [1.165, 1.54) is 22.3 Å². The molecule has 0 saturated heterocycles. The molecule has 0 aliphatic carbocycles. The smallest absolute Gasteiger partial charge is 0.0945 e. The van der Waals surface area contributed by atoms with Crippen molar-refractivity contribution in [3.05, 3.63) is 89.3 Å². The van der Waals surface area contributed by atoms with Crippen molar-refractivity contribution >= 4 is 6.08 Å². The third-order valence-corrected chi connectivity index (χ3v) is 5.12.